The molecule has 174 valence electrons. The number of halogens is 1. The molecule has 0 saturated heterocycles. The van der Waals surface area contributed by atoms with Gasteiger partial charge in [-0.1, -0.05) is 29.4 Å². The molecule has 0 saturated carbocycles. The maximum atomic E-state index is 13.8. The molecule has 2 amide bonds. The number of benzene rings is 2. The monoisotopic (exact) mass is 462 g/mol. The van der Waals surface area contributed by atoms with Crippen molar-refractivity contribution in [3.63, 3.8) is 0 Å². The van der Waals surface area contributed by atoms with Crippen molar-refractivity contribution in [2.24, 2.45) is 0 Å². The number of anilines is 1. The van der Waals surface area contributed by atoms with Crippen LogP contribution in [0.4, 0.5) is 10.1 Å². The van der Waals surface area contributed by atoms with Crippen LogP contribution in [0.3, 0.4) is 0 Å². The van der Waals surface area contributed by atoms with E-state index in [1.807, 2.05) is 6.07 Å². The fourth-order valence-corrected chi connectivity index (χ4v) is 3.22. The summed E-state index contributed by atoms with van der Waals surface area (Å²) in [5, 5.41) is 13.5. The highest BCUT2D eigenvalue weighted by molar-refractivity contribution is 5.90. The molecule has 0 fully saturated rings. The number of carbonyl (C=O) groups excluding carboxylic acids is 2. The Hall–Kier alpha value is -4.34. The lowest BCUT2D eigenvalue weighted by atomic mass is 10.1. The third kappa shape index (κ3) is 6.12. The van der Waals surface area contributed by atoms with E-state index >= 15 is 0 Å². The third-order valence-corrected chi connectivity index (χ3v) is 5.03. The molecule has 0 aliphatic heterocycles. The second-order valence-corrected chi connectivity index (χ2v) is 7.70. The summed E-state index contributed by atoms with van der Waals surface area (Å²) >= 11 is 0. The van der Waals surface area contributed by atoms with Crippen molar-refractivity contribution in [1.82, 2.24) is 25.2 Å². The Kier molecular flexibility index (Phi) is 7.07. The van der Waals surface area contributed by atoms with Gasteiger partial charge in [-0.15, -0.1) is 0 Å². The zero-order valence-corrected chi connectivity index (χ0v) is 18.5. The van der Waals surface area contributed by atoms with Crippen LogP contribution >= 0.6 is 0 Å². The Morgan fingerprint density at radius 2 is 2.00 bits per heavy atom. The van der Waals surface area contributed by atoms with Crippen molar-refractivity contribution in [1.29, 1.82) is 0 Å². The van der Waals surface area contributed by atoms with E-state index < -0.39 is 0 Å². The summed E-state index contributed by atoms with van der Waals surface area (Å²) in [4.78, 5) is 28.6. The molecule has 0 aliphatic rings. The van der Waals surface area contributed by atoms with Crippen LogP contribution in [0.1, 0.15) is 23.4 Å². The highest BCUT2D eigenvalue weighted by Crippen LogP contribution is 2.19. The molecule has 0 radical (unpaired) electrons. The Morgan fingerprint density at radius 1 is 1.12 bits per heavy atom. The topological polar surface area (TPSA) is 115 Å². The van der Waals surface area contributed by atoms with E-state index in [1.54, 1.807) is 55.7 Å². The molecule has 2 heterocycles. The number of amides is 2. The van der Waals surface area contributed by atoms with Crippen LogP contribution in [-0.2, 0) is 29.1 Å². The fourth-order valence-electron chi connectivity index (χ4n) is 3.22. The van der Waals surface area contributed by atoms with Gasteiger partial charge in [-0.05, 0) is 42.3 Å². The second-order valence-electron chi connectivity index (χ2n) is 7.70. The zero-order valence-electron chi connectivity index (χ0n) is 18.5. The molecule has 2 aromatic carbocycles. The van der Waals surface area contributed by atoms with Crippen LogP contribution in [0.25, 0.3) is 11.4 Å². The molecule has 4 rings (SSSR count). The summed E-state index contributed by atoms with van der Waals surface area (Å²) in [5.74, 6) is -0.148. The summed E-state index contributed by atoms with van der Waals surface area (Å²) in [6, 6.07) is 13.7. The Balaban J connectivity index is 1.24. The minimum Gasteiger partial charge on any atom is -0.352 e. The van der Waals surface area contributed by atoms with Gasteiger partial charge in [0.1, 0.15) is 12.4 Å². The Bertz CT molecular complexity index is 1290. The van der Waals surface area contributed by atoms with E-state index in [1.165, 1.54) is 10.7 Å². The van der Waals surface area contributed by atoms with Crippen molar-refractivity contribution in [3.05, 3.63) is 83.8 Å². The molecule has 0 unspecified atom stereocenters. The predicted octanol–water partition coefficient (Wildman–Crippen LogP) is 3.27. The molecule has 0 spiro atoms. The van der Waals surface area contributed by atoms with Gasteiger partial charge in [0.05, 0.1) is 0 Å². The Labute approximate surface area is 195 Å². The van der Waals surface area contributed by atoms with Crippen LogP contribution in [0.5, 0.6) is 0 Å². The van der Waals surface area contributed by atoms with Crippen LogP contribution < -0.4 is 10.6 Å². The first-order chi connectivity index (χ1) is 16.5. The number of aryl methyl sites for hydroxylation is 2. The van der Waals surface area contributed by atoms with Crippen LogP contribution in [0.15, 0.2) is 65.4 Å². The number of rotatable bonds is 9. The van der Waals surface area contributed by atoms with Gasteiger partial charge in [0.15, 0.2) is 0 Å². The van der Waals surface area contributed by atoms with E-state index in [-0.39, 0.29) is 42.8 Å². The first kappa shape index (κ1) is 22.8. The normalized spacial score (nSPS) is 10.8. The molecular formula is C24H23FN6O3. The third-order valence-electron chi connectivity index (χ3n) is 5.03. The second kappa shape index (κ2) is 10.5. The van der Waals surface area contributed by atoms with E-state index in [0.29, 0.717) is 29.2 Å². The largest absolute Gasteiger partial charge is 0.352 e. The van der Waals surface area contributed by atoms with Crippen molar-refractivity contribution < 1.29 is 18.5 Å². The molecule has 0 atom stereocenters. The zero-order chi connectivity index (χ0) is 23.9. The van der Waals surface area contributed by atoms with Crippen LogP contribution in [-0.4, -0.2) is 31.7 Å². The molecule has 9 nitrogen and oxygen atoms in total. The number of nitrogens with zero attached hydrogens (tertiary/aromatic N) is 4. The minimum absolute atomic E-state index is 0.115. The maximum Gasteiger partial charge on any atom is 0.246 e. The highest BCUT2D eigenvalue weighted by Gasteiger charge is 2.12. The average molecular weight is 462 g/mol. The van der Waals surface area contributed by atoms with Gasteiger partial charge < -0.3 is 15.2 Å². The summed E-state index contributed by atoms with van der Waals surface area (Å²) < 4.78 is 20.5. The minimum atomic E-state index is -0.343. The maximum absolute atomic E-state index is 13.8. The van der Waals surface area contributed by atoms with Gasteiger partial charge in [0.2, 0.25) is 23.5 Å². The smallest absolute Gasteiger partial charge is 0.246 e. The van der Waals surface area contributed by atoms with Crippen molar-refractivity contribution >= 4 is 17.5 Å². The van der Waals surface area contributed by atoms with Gasteiger partial charge in [0, 0.05) is 43.0 Å². The molecule has 34 heavy (non-hydrogen) atoms. The lowest BCUT2D eigenvalue weighted by Gasteiger charge is -2.09. The van der Waals surface area contributed by atoms with E-state index in [4.69, 9.17) is 4.52 Å². The van der Waals surface area contributed by atoms with Gasteiger partial charge in [-0.25, -0.2) is 4.39 Å². The standard InChI is InChI=1S/C24H23FN6O3/c1-16-6-7-18(13-20(16)25)24-29-23(34-30-24)9-8-21(32)26-14-17-4-2-5-19(12-17)28-22(33)15-31-11-3-10-27-31/h2-7,10-13H,8-9,14-15H2,1H3,(H,26,32)(H,28,33). The molecular weight excluding hydrogens is 439 g/mol. The van der Waals surface area contributed by atoms with Crippen LogP contribution in [0, 0.1) is 12.7 Å². The number of carbonyl (C=O) groups is 2. The molecule has 10 heteroatoms. The number of hydrogen-bond donors (Lipinski definition) is 2. The van der Waals surface area contributed by atoms with E-state index in [0.717, 1.165) is 5.56 Å². The summed E-state index contributed by atoms with van der Waals surface area (Å²) in [6.07, 6.45) is 3.74. The molecule has 2 aromatic heterocycles. The quantitative estimate of drug-likeness (QED) is 0.395. The number of hydrogen-bond acceptors (Lipinski definition) is 6. The first-order valence-electron chi connectivity index (χ1n) is 10.7. The van der Waals surface area contributed by atoms with E-state index in [9.17, 15) is 14.0 Å². The lowest BCUT2D eigenvalue weighted by molar-refractivity contribution is -0.121. The van der Waals surface area contributed by atoms with Crippen LogP contribution in [0.2, 0.25) is 0 Å². The van der Waals surface area contributed by atoms with Crippen molar-refractivity contribution in [2.75, 3.05) is 5.32 Å². The molecule has 0 bridgehead atoms. The average Bonchev–Trinajstić information content (AvgIpc) is 3.50. The van der Waals surface area contributed by atoms with Gasteiger partial charge in [0.25, 0.3) is 0 Å². The summed E-state index contributed by atoms with van der Waals surface area (Å²) in [7, 11) is 0. The van der Waals surface area contributed by atoms with Gasteiger partial charge >= 0.3 is 0 Å². The fraction of sp³-hybridized carbons (Fsp3) is 0.208. The molecule has 2 N–H and O–H groups in total. The number of nitrogens with one attached hydrogen (secondary N) is 2. The first-order valence-corrected chi connectivity index (χ1v) is 10.7. The van der Waals surface area contributed by atoms with Crippen molar-refractivity contribution in [3.8, 4) is 11.4 Å². The van der Waals surface area contributed by atoms with E-state index in [2.05, 4.69) is 25.9 Å². The highest BCUT2D eigenvalue weighted by atomic mass is 19.1. The molecule has 0 aliphatic carbocycles. The SMILES string of the molecule is Cc1ccc(-c2noc(CCC(=O)NCc3cccc(NC(=O)Cn4cccn4)c3)n2)cc1F. The molecule has 4 aromatic rings. The van der Waals surface area contributed by atoms with Gasteiger partial charge in [-0.2, -0.15) is 10.1 Å². The Morgan fingerprint density at radius 3 is 2.79 bits per heavy atom. The summed E-state index contributed by atoms with van der Waals surface area (Å²) in [5.41, 5.74) is 2.52. The number of aromatic nitrogens is 4. The lowest BCUT2D eigenvalue weighted by Crippen LogP contribution is -2.23. The summed E-state index contributed by atoms with van der Waals surface area (Å²) in [6.45, 7) is 2.10. The van der Waals surface area contributed by atoms with Crippen molar-refractivity contribution in [2.45, 2.75) is 32.9 Å². The van der Waals surface area contributed by atoms with Gasteiger partial charge in [-0.3, -0.25) is 14.3 Å². The predicted molar refractivity (Wildman–Crippen MR) is 122 cm³/mol.